The van der Waals surface area contributed by atoms with Gasteiger partial charge in [-0.05, 0) is 27.3 Å². The molecule has 1 atom stereocenters. The van der Waals surface area contributed by atoms with E-state index in [4.69, 9.17) is 0 Å². The van der Waals surface area contributed by atoms with E-state index >= 15 is 0 Å². The van der Waals surface area contributed by atoms with Crippen molar-refractivity contribution in [1.29, 1.82) is 0 Å². The number of allylic oxidation sites excluding steroid dienone is 1. The molecule has 1 nitrogen and oxygen atoms in total. The van der Waals surface area contributed by atoms with Gasteiger partial charge in [-0.25, -0.2) is 0 Å². The van der Waals surface area contributed by atoms with Crippen molar-refractivity contribution in [3.8, 4) is 0 Å². The third kappa shape index (κ3) is 4.57. The average molecular weight is 141 g/mol. The van der Waals surface area contributed by atoms with Gasteiger partial charge in [0.25, 0.3) is 0 Å². The molecular formula is C9H19N. The van der Waals surface area contributed by atoms with Crippen molar-refractivity contribution in [1.82, 2.24) is 5.32 Å². The van der Waals surface area contributed by atoms with Crippen LogP contribution in [0.3, 0.4) is 0 Å². The summed E-state index contributed by atoms with van der Waals surface area (Å²) in [6, 6.07) is 0.579. The van der Waals surface area contributed by atoms with E-state index in [0.29, 0.717) is 6.04 Å². The van der Waals surface area contributed by atoms with Crippen LogP contribution in [0.4, 0.5) is 0 Å². The molecule has 0 spiro atoms. The summed E-state index contributed by atoms with van der Waals surface area (Å²) >= 11 is 0. The van der Waals surface area contributed by atoms with E-state index in [2.05, 4.69) is 32.2 Å². The number of likely N-dealkylation sites (N-methyl/N-ethyl adjacent to an activating group) is 1. The van der Waals surface area contributed by atoms with E-state index in [-0.39, 0.29) is 0 Å². The maximum atomic E-state index is 3.26. The summed E-state index contributed by atoms with van der Waals surface area (Å²) in [4.78, 5) is 0. The third-order valence-electron chi connectivity index (χ3n) is 1.50. The van der Waals surface area contributed by atoms with Crippen molar-refractivity contribution in [3.05, 3.63) is 11.6 Å². The molecule has 0 aromatic rings. The van der Waals surface area contributed by atoms with Crippen LogP contribution in [0.5, 0.6) is 0 Å². The molecule has 60 valence electrons. The van der Waals surface area contributed by atoms with Crippen molar-refractivity contribution < 1.29 is 0 Å². The Bertz CT molecular complexity index is 101. The van der Waals surface area contributed by atoms with Crippen molar-refractivity contribution in [3.63, 3.8) is 0 Å². The lowest BCUT2D eigenvalue weighted by Crippen LogP contribution is -2.22. The minimum atomic E-state index is 0.579. The third-order valence-corrected chi connectivity index (χ3v) is 1.50. The minimum absolute atomic E-state index is 0.579. The summed E-state index contributed by atoms with van der Waals surface area (Å²) < 4.78 is 0. The Morgan fingerprint density at radius 1 is 1.50 bits per heavy atom. The maximum Gasteiger partial charge on any atom is 0.0249 e. The van der Waals surface area contributed by atoms with Crippen molar-refractivity contribution in [2.75, 3.05) is 7.05 Å². The van der Waals surface area contributed by atoms with Crippen LogP contribution in [0.2, 0.25) is 0 Å². The molecule has 0 saturated heterocycles. The first-order valence-electron chi connectivity index (χ1n) is 4.03. The molecule has 0 aliphatic carbocycles. The average Bonchev–Trinajstić information content (AvgIpc) is 1.86. The fourth-order valence-corrected chi connectivity index (χ4v) is 1.02. The van der Waals surface area contributed by atoms with Crippen LogP contribution in [-0.4, -0.2) is 13.1 Å². The Hall–Kier alpha value is -0.300. The van der Waals surface area contributed by atoms with E-state index in [1.807, 2.05) is 7.05 Å². The number of rotatable bonds is 4. The maximum absolute atomic E-state index is 3.26. The van der Waals surface area contributed by atoms with E-state index < -0.39 is 0 Å². The van der Waals surface area contributed by atoms with Gasteiger partial charge in [-0.15, -0.1) is 0 Å². The Balaban J connectivity index is 3.71. The van der Waals surface area contributed by atoms with Crippen LogP contribution < -0.4 is 5.32 Å². The first-order valence-corrected chi connectivity index (χ1v) is 4.03. The zero-order chi connectivity index (χ0) is 7.98. The minimum Gasteiger partial charge on any atom is -0.314 e. The molecule has 10 heavy (non-hydrogen) atoms. The largest absolute Gasteiger partial charge is 0.314 e. The number of hydrogen-bond donors (Lipinski definition) is 1. The van der Waals surface area contributed by atoms with Gasteiger partial charge < -0.3 is 5.32 Å². The SMILES string of the molecule is CCCC(C=C(C)C)NC. The summed E-state index contributed by atoms with van der Waals surface area (Å²) in [5, 5.41) is 3.26. The molecule has 0 fully saturated rings. The molecule has 0 rings (SSSR count). The standard InChI is InChI=1S/C9H19N/c1-5-6-9(10-4)7-8(2)3/h7,9-10H,5-6H2,1-4H3. The second kappa shape index (κ2) is 5.48. The van der Waals surface area contributed by atoms with Gasteiger partial charge in [-0.1, -0.05) is 25.0 Å². The fraction of sp³-hybridized carbons (Fsp3) is 0.778. The molecule has 0 saturated carbocycles. The number of hydrogen-bond acceptors (Lipinski definition) is 1. The highest BCUT2D eigenvalue weighted by atomic mass is 14.9. The van der Waals surface area contributed by atoms with Gasteiger partial charge in [0.2, 0.25) is 0 Å². The summed E-state index contributed by atoms with van der Waals surface area (Å²) in [6.45, 7) is 6.49. The lowest BCUT2D eigenvalue weighted by molar-refractivity contribution is 0.601. The Morgan fingerprint density at radius 3 is 2.40 bits per heavy atom. The molecule has 0 amide bonds. The van der Waals surface area contributed by atoms with Gasteiger partial charge in [-0.3, -0.25) is 0 Å². The highest BCUT2D eigenvalue weighted by Crippen LogP contribution is 2.00. The first kappa shape index (κ1) is 9.70. The van der Waals surface area contributed by atoms with Crippen LogP contribution in [0.1, 0.15) is 33.6 Å². The van der Waals surface area contributed by atoms with E-state index in [1.165, 1.54) is 18.4 Å². The van der Waals surface area contributed by atoms with E-state index in [9.17, 15) is 0 Å². The molecule has 1 unspecified atom stereocenters. The zero-order valence-electron chi connectivity index (χ0n) is 7.57. The predicted molar refractivity (Wildman–Crippen MR) is 47.2 cm³/mol. The van der Waals surface area contributed by atoms with E-state index in [1.54, 1.807) is 0 Å². The van der Waals surface area contributed by atoms with Gasteiger partial charge in [0.05, 0.1) is 0 Å². The monoisotopic (exact) mass is 141 g/mol. The molecule has 0 aliphatic rings. The van der Waals surface area contributed by atoms with E-state index in [0.717, 1.165) is 0 Å². The Kier molecular flexibility index (Phi) is 5.32. The summed E-state index contributed by atoms with van der Waals surface area (Å²) in [6.07, 6.45) is 4.76. The van der Waals surface area contributed by atoms with Crippen LogP contribution in [-0.2, 0) is 0 Å². The lowest BCUT2D eigenvalue weighted by atomic mass is 10.1. The van der Waals surface area contributed by atoms with Crippen LogP contribution in [0, 0.1) is 0 Å². The van der Waals surface area contributed by atoms with Gasteiger partial charge in [0.15, 0.2) is 0 Å². The molecule has 0 aromatic carbocycles. The molecule has 0 radical (unpaired) electrons. The zero-order valence-corrected chi connectivity index (χ0v) is 7.57. The van der Waals surface area contributed by atoms with Crippen molar-refractivity contribution in [2.45, 2.75) is 39.7 Å². The van der Waals surface area contributed by atoms with Gasteiger partial charge in [0, 0.05) is 6.04 Å². The first-order chi connectivity index (χ1) is 4.70. The molecular weight excluding hydrogens is 122 g/mol. The predicted octanol–water partition coefficient (Wildman–Crippen LogP) is 2.34. The summed E-state index contributed by atoms with van der Waals surface area (Å²) in [5.41, 5.74) is 1.40. The molecule has 1 heteroatoms. The highest BCUT2D eigenvalue weighted by molar-refractivity contribution is 5.00. The summed E-state index contributed by atoms with van der Waals surface area (Å²) in [7, 11) is 2.01. The van der Waals surface area contributed by atoms with Crippen molar-refractivity contribution in [2.24, 2.45) is 0 Å². The quantitative estimate of drug-likeness (QED) is 0.592. The number of nitrogens with one attached hydrogen (secondary N) is 1. The van der Waals surface area contributed by atoms with Crippen LogP contribution in [0.25, 0.3) is 0 Å². The summed E-state index contributed by atoms with van der Waals surface area (Å²) in [5.74, 6) is 0. The Labute approximate surface area is 64.5 Å². The molecule has 1 N–H and O–H groups in total. The second-order valence-corrected chi connectivity index (χ2v) is 2.93. The smallest absolute Gasteiger partial charge is 0.0249 e. The molecule has 0 aliphatic heterocycles. The van der Waals surface area contributed by atoms with Crippen LogP contribution in [0.15, 0.2) is 11.6 Å². The van der Waals surface area contributed by atoms with Crippen molar-refractivity contribution >= 4 is 0 Å². The van der Waals surface area contributed by atoms with Gasteiger partial charge >= 0.3 is 0 Å². The molecule has 0 heterocycles. The topological polar surface area (TPSA) is 12.0 Å². The fourth-order valence-electron chi connectivity index (χ4n) is 1.02. The normalized spacial score (nSPS) is 12.8. The van der Waals surface area contributed by atoms with Crippen LogP contribution >= 0.6 is 0 Å². The molecule has 0 aromatic heterocycles. The van der Waals surface area contributed by atoms with Gasteiger partial charge in [0.1, 0.15) is 0 Å². The molecule has 0 bridgehead atoms. The second-order valence-electron chi connectivity index (χ2n) is 2.93. The lowest BCUT2D eigenvalue weighted by Gasteiger charge is -2.09. The Morgan fingerprint density at radius 2 is 2.10 bits per heavy atom. The van der Waals surface area contributed by atoms with Gasteiger partial charge in [-0.2, -0.15) is 0 Å². The highest BCUT2D eigenvalue weighted by Gasteiger charge is 1.97.